The quantitative estimate of drug-likeness (QED) is 0.555. The van der Waals surface area contributed by atoms with Gasteiger partial charge in [0, 0.05) is 0 Å². The Balaban J connectivity index is 2.51. The highest BCUT2D eigenvalue weighted by atomic mass is 32.2. The van der Waals surface area contributed by atoms with E-state index in [1.165, 1.54) is 24.5 Å². The summed E-state index contributed by atoms with van der Waals surface area (Å²) in [6.45, 7) is -0.706. The molecule has 1 atom stereocenters. The van der Waals surface area contributed by atoms with Gasteiger partial charge in [-0.25, -0.2) is 0 Å². The molecule has 0 spiro atoms. The Hall–Kier alpha value is -1.02. The van der Waals surface area contributed by atoms with Crippen molar-refractivity contribution in [2.75, 3.05) is 6.61 Å². The summed E-state index contributed by atoms with van der Waals surface area (Å²) in [7, 11) is -5.54. The van der Waals surface area contributed by atoms with Gasteiger partial charge in [-0.1, -0.05) is 6.08 Å². The second-order valence-electron chi connectivity index (χ2n) is 2.57. The first-order chi connectivity index (χ1) is 6.83. The minimum atomic E-state index is -5.54. The van der Waals surface area contributed by atoms with Crippen molar-refractivity contribution in [2.45, 2.75) is 11.6 Å². The SMILES string of the molecule is O=S(=O)(OCC1C=CC=CO1)C(F)(F)F. The van der Waals surface area contributed by atoms with Crippen LogP contribution in [0.5, 0.6) is 0 Å². The number of rotatable bonds is 3. The van der Waals surface area contributed by atoms with Crippen molar-refractivity contribution in [1.29, 1.82) is 0 Å². The number of ether oxygens (including phenoxy) is 1. The van der Waals surface area contributed by atoms with Gasteiger partial charge < -0.3 is 4.74 Å². The molecule has 0 fully saturated rings. The topological polar surface area (TPSA) is 52.6 Å². The minimum Gasteiger partial charge on any atom is -0.491 e. The molecule has 1 aliphatic rings. The second-order valence-corrected chi connectivity index (χ2v) is 4.18. The molecule has 0 aliphatic carbocycles. The highest BCUT2D eigenvalue weighted by Crippen LogP contribution is 2.24. The second kappa shape index (κ2) is 4.23. The van der Waals surface area contributed by atoms with Crippen LogP contribution in [0.15, 0.2) is 24.5 Å². The van der Waals surface area contributed by atoms with E-state index in [2.05, 4.69) is 4.18 Å². The fourth-order valence-corrected chi connectivity index (χ4v) is 1.19. The van der Waals surface area contributed by atoms with E-state index < -0.39 is 28.3 Å². The highest BCUT2D eigenvalue weighted by Gasteiger charge is 2.47. The molecule has 15 heavy (non-hydrogen) atoms. The summed E-state index contributed by atoms with van der Waals surface area (Å²) in [6.07, 6.45) is 4.80. The van der Waals surface area contributed by atoms with Gasteiger partial charge in [-0.2, -0.15) is 21.6 Å². The first kappa shape index (κ1) is 12.1. The molecule has 86 valence electrons. The third kappa shape index (κ3) is 3.24. The molecule has 8 heteroatoms. The molecule has 4 nitrogen and oxygen atoms in total. The lowest BCUT2D eigenvalue weighted by Gasteiger charge is -2.15. The van der Waals surface area contributed by atoms with E-state index in [1.807, 2.05) is 0 Å². The summed E-state index contributed by atoms with van der Waals surface area (Å²) in [5.74, 6) is 0. The van der Waals surface area contributed by atoms with Crippen LogP contribution in [0.1, 0.15) is 0 Å². The molecule has 0 aromatic carbocycles. The van der Waals surface area contributed by atoms with Crippen LogP contribution in [0.2, 0.25) is 0 Å². The van der Waals surface area contributed by atoms with Crippen molar-refractivity contribution in [2.24, 2.45) is 0 Å². The number of halogens is 3. The van der Waals surface area contributed by atoms with E-state index in [-0.39, 0.29) is 0 Å². The van der Waals surface area contributed by atoms with Gasteiger partial charge in [0.05, 0.1) is 6.26 Å². The maximum atomic E-state index is 11.8. The molecule has 0 saturated carbocycles. The summed E-state index contributed by atoms with van der Waals surface area (Å²) < 4.78 is 64.8. The molecular weight excluding hydrogens is 237 g/mol. The van der Waals surface area contributed by atoms with Gasteiger partial charge >= 0.3 is 15.6 Å². The zero-order chi connectivity index (χ0) is 11.5. The van der Waals surface area contributed by atoms with Crippen molar-refractivity contribution in [3.8, 4) is 0 Å². The van der Waals surface area contributed by atoms with Gasteiger partial charge in [0.25, 0.3) is 0 Å². The van der Waals surface area contributed by atoms with Gasteiger partial charge in [-0.15, -0.1) is 0 Å². The van der Waals surface area contributed by atoms with E-state index in [1.54, 1.807) is 0 Å². The van der Waals surface area contributed by atoms with Crippen LogP contribution in [0.4, 0.5) is 13.2 Å². The summed E-state index contributed by atoms with van der Waals surface area (Å²) >= 11 is 0. The predicted molar refractivity (Wildman–Crippen MR) is 44.1 cm³/mol. The Morgan fingerprint density at radius 3 is 2.47 bits per heavy atom. The Morgan fingerprint density at radius 2 is 2.00 bits per heavy atom. The molecule has 0 radical (unpaired) electrons. The predicted octanol–water partition coefficient (Wildman–Crippen LogP) is 1.32. The van der Waals surface area contributed by atoms with Crippen LogP contribution in [0, 0.1) is 0 Å². The summed E-state index contributed by atoms with van der Waals surface area (Å²) in [5.41, 5.74) is -5.40. The Morgan fingerprint density at radius 1 is 1.33 bits per heavy atom. The van der Waals surface area contributed by atoms with Gasteiger partial charge in [0.1, 0.15) is 12.7 Å². The smallest absolute Gasteiger partial charge is 0.491 e. The van der Waals surface area contributed by atoms with Crippen LogP contribution in [-0.4, -0.2) is 26.6 Å². The average molecular weight is 244 g/mol. The monoisotopic (exact) mass is 244 g/mol. The van der Waals surface area contributed by atoms with E-state index >= 15 is 0 Å². The first-order valence-corrected chi connectivity index (χ1v) is 5.18. The largest absolute Gasteiger partial charge is 0.523 e. The molecular formula is C7H7F3O4S. The van der Waals surface area contributed by atoms with Crippen molar-refractivity contribution in [3.05, 3.63) is 24.5 Å². The number of hydrogen-bond acceptors (Lipinski definition) is 4. The van der Waals surface area contributed by atoms with Gasteiger partial charge in [-0.3, -0.25) is 4.18 Å². The lowest BCUT2D eigenvalue weighted by atomic mass is 10.3. The number of alkyl halides is 3. The van der Waals surface area contributed by atoms with E-state index in [4.69, 9.17) is 4.74 Å². The summed E-state index contributed by atoms with van der Waals surface area (Å²) in [6, 6.07) is 0. The Labute approximate surface area is 84.1 Å². The molecule has 1 rings (SSSR count). The third-order valence-electron chi connectivity index (χ3n) is 1.44. The van der Waals surface area contributed by atoms with Gasteiger partial charge in [-0.05, 0) is 12.2 Å². The molecule has 0 aromatic rings. The number of allylic oxidation sites excluding steroid dienone is 2. The maximum Gasteiger partial charge on any atom is 0.523 e. The molecule has 1 unspecified atom stereocenters. The number of hydrogen-bond donors (Lipinski definition) is 0. The normalized spacial score (nSPS) is 21.4. The molecule has 0 amide bonds. The van der Waals surface area contributed by atoms with E-state index in [9.17, 15) is 21.6 Å². The van der Waals surface area contributed by atoms with Gasteiger partial charge in [0.2, 0.25) is 0 Å². The van der Waals surface area contributed by atoms with E-state index in [0.29, 0.717) is 0 Å². The molecule has 0 N–H and O–H groups in total. The summed E-state index contributed by atoms with van der Waals surface area (Å²) in [4.78, 5) is 0. The standard InChI is InChI=1S/C7H7F3O4S/c8-7(9,10)15(11,12)14-5-6-3-1-2-4-13-6/h1-4,6H,5H2. The highest BCUT2D eigenvalue weighted by molar-refractivity contribution is 7.87. The van der Waals surface area contributed by atoms with Crippen LogP contribution in [0.3, 0.4) is 0 Å². The molecule has 1 heterocycles. The minimum absolute atomic E-state index is 0.706. The van der Waals surface area contributed by atoms with Crippen molar-refractivity contribution >= 4 is 10.1 Å². The Bertz CT molecular complexity index is 368. The van der Waals surface area contributed by atoms with Crippen molar-refractivity contribution in [3.63, 3.8) is 0 Å². The van der Waals surface area contributed by atoms with Gasteiger partial charge in [0.15, 0.2) is 0 Å². The molecule has 1 aliphatic heterocycles. The van der Waals surface area contributed by atoms with Crippen LogP contribution in [-0.2, 0) is 19.0 Å². The molecule has 0 bridgehead atoms. The molecule has 0 aromatic heterocycles. The van der Waals surface area contributed by atoms with E-state index in [0.717, 1.165) is 0 Å². The zero-order valence-electron chi connectivity index (χ0n) is 7.27. The van der Waals surface area contributed by atoms with Crippen LogP contribution in [0.25, 0.3) is 0 Å². The third-order valence-corrected chi connectivity index (χ3v) is 2.45. The fourth-order valence-electron chi connectivity index (χ4n) is 0.743. The lowest BCUT2D eigenvalue weighted by Crippen LogP contribution is -2.29. The summed E-state index contributed by atoms with van der Waals surface area (Å²) in [5, 5.41) is 0. The first-order valence-electron chi connectivity index (χ1n) is 3.77. The van der Waals surface area contributed by atoms with Crippen molar-refractivity contribution < 1.29 is 30.5 Å². The lowest BCUT2D eigenvalue weighted by molar-refractivity contribution is -0.0559. The van der Waals surface area contributed by atoms with Crippen LogP contribution < -0.4 is 0 Å². The van der Waals surface area contributed by atoms with Crippen LogP contribution >= 0.6 is 0 Å². The average Bonchev–Trinajstić information content (AvgIpc) is 2.15. The maximum absolute atomic E-state index is 11.8. The molecule has 0 saturated heterocycles. The Kier molecular flexibility index (Phi) is 3.40. The van der Waals surface area contributed by atoms with Crippen molar-refractivity contribution in [1.82, 2.24) is 0 Å². The fraction of sp³-hybridized carbons (Fsp3) is 0.429. The zero-order valence-corrected chi connectivity index (χ0v) is 8.09.